The minimum atomic E-state index is 0.216. The Balaban J connectivity index is 1.32. The molecule has 4 aliphatic rings. The molecule has 4 saturated carbocycles. The van der Waals surface area contributed by atoms with Crippen molar-refractivity contribution in [2.45, 2.75) is 71.1 Å². The normalized spacial score (nSPS) is 32.2. The van der Waals surface area contributed by atoms with Gasteiger partial charge in [-0.1, -0.05) is 54.7 Å². The largest absolute Gasteiger partial charge is 0.493 e. The highest BCUT2D eigenvalue weighted by Gasteiger charge is 2.59. The van der Waals surface area contributed by atoms with E-state index in [2.05, 4.69) is 19.2 Å². The summed E-state index contributed by atoms with van der Waals surface area (Å²) in [7, 11) is 1.64. The highest BCUT2D eigenvalue weighted by atomic mass is 35.5. The highest BCUT2D eigenvalue weighted by molar-refractivity contribution is 6.36. The van der Waals surface area contributed by atoms with E-state index in [1.807, 2.05) is 18.2 Å². The molecule has 2 unspecified atom stereocenters. The molecule has 33 heavy (non-hydrogen) atoms. The van der Waals surface area contributed by atoms with Crippen LogP contribution >= 0.6 is 34.8 Å². The predicted molar refractivity (Wildman–Crippen MR) is 136 cm³/mol. The molecule has 1 N–H and O–H groups in total. The van der Waals surface area contributed by atoms with Gasteiger partial charge in [-0.15, -0.1) is 0 Å². The third kappa shape index (κ3) is 4.59. The Kier molecular flexibility index (Phi) is 6.09. The van der Waals surface area contributed by atoms with Crippen molar-refractivity contribution < 1.29 is 9.47 Å². The molecule has 0 aromatic heterocycles. The number of ether oxygens (including phenoxy) is 2. The van der Waals surface area contributed by atoms with Gasteiger partial charge in [-0.2, -0.15) is 0 Å². The smallest absolute Gasteiger partial charge is 0.180 e. The average Bonchev–Trinajstić information content (AvgIpc) is 2.70. The van der Waals surface area contributed by atoms with Gasteiger partial charge in [0.05, 0.1) is 12.1 Å². The van der Waals surface area contributed by atoms with Crippen LogP contribution in [0.25, 0.3) is 0 Å². The Labute approximate surface area is 212 Å². The van der Waals surface area contributed by atoms with Gasteiger partial charge < -0.3 is 14.8 Å². The maximum atomic E-state index is 6.66. The average molecular weight is 509 g/mol. The lowest BCUT2D eigenvalue weighted by molar-refractivity contribution is -0.118. The summed E-state index contributed by atoms with van der Waals surface area (Å²) < 4.78 is 11.7. The Bertz CT molecular complexity index is 1030. The first-order valence-electron chi connectivity index (χ1n) is 11.8. The van der Waals surface area contributed by atoms with Gasteiger partial charge in [0.25, 0.3) is 0 Å². The topological polar surface area (TPSA) is 30.5 Å². The molecule has 0 amide bonds. The molecule has 4 aliphatic carbocycles. The van der Waals surface area contributed by atoms with Crippen molar-refractivity contribution >= 4 is 34.8 Å². The van der Waals surface area contributed by atoms with Crippen molar-refractivity contribution in [1.29, 1.82) is 0 Å². The first-order valence-corrected chi connectivity index (χ1v) is 12.9. The van der Waals surface area contributed by atoms with Crippen LogP contribution in [0.3, 0.4) is 0 Å². The summed E-state index contributed by atoms with van der Waals surface area (Å²) in [5.74, 6) is 1.98. The van der Waals surface area contributed by atoms with Crippen molar-refractivity contribution in [3.05, 3.63) is 56.5 Å². The van der Waals surface area contributed by atoms with Crippen molar-refractivity contribution in [3.8, 4) is 11.5 Å². The second kappa shape index (κ2) is 8.52. The minimum absolute atomic E-state index is 0.216. The third-order valence-corrected chi connectivity index (χ3v) is 8.99. The monoisotopic (exact) mass is 507 g/mol. The molecule has 4 atom stereocenters. The zero-order valence-corrected chi connectivity index (χ0v) is 21.8. The molecule has 0 radical (unpaired) electrons. The third-order valence-electron chi connectivity index (χ3n) is 8.01. The molecule has 2 aromatic carbocycles. The lowest BCUT2D eigenvalue weighted by Crippen LogP contribution is -2.63. The Morgan fingerprint density at radius 1 is 0.939 bits per heavy atom. The quantitative estimate of drug-likeness (QED) is 0.410. The number of rotatable bonds is 7. The zero-order chi connectivity index (χ0) is 23.4. The lowest BCUT2D eigenvalue weighted by Gasteiger charge is -2.65. The van der Waals surface area contributed by atoms with Crippen molar-refractivity contribution in [2.75, 3.05) is 7.11 Å². The Morgan fingerprint density at radius 3 is 2.21 bits per heavy atom. The van der Waals surface area contributed by atoms with Gasteiger partial charge in [-0.05, 0) is 85.1 Å². The second-order valence-corrected chi connectivity index (χ2v) is 12.6. The van der Waals surface area contributed by atoms with Crippen LogP contribution in [0.5, 0.6) is 11.5 Å². The summed E-state index contributed by atoms with van der Waals surface area (Å²) in [6.07, 6.45) is 8.01. The fourth-order valence-corrected chi connectivity index (χ4v) is 8.56. The molecular formula is C27H32Cl3NO2. The van der Waals surface area contributed by atoms with Crippen molar-refractivity contribution in [1.82, 2.24) is 5.32 Å². The summed E-state index contributed by atoms with van der Waals surface area (Å²) in [5, 5.41) is 5.63. The standard InChI is InChI=1S/C27H32Cl3NO2/c1-25-9-18-10-26(2,14-25)16-27(11-18,15-25)31-12-17-7-22(30)24(23(8-17)32-3)33-13-19-20(28)5-4-6-21(19)29/h4-8,18,31H,9-16H2,1-3H3/t18?,25-,26+,27?. The van der Waals surface area contributed by atoms with Gasteiger partial charge in [0.1, 0.15) is 6.61 Å². The highest BCUT2D eigenvalue weighted by Crippen LogP contribution is 2.66. The number of hydrogen-bond acceptors (Lipinski definition) is 3. The van der Waals surface area contributed by atoms with Crippen LogP contribution < -0.4 is 14.8 Å². The molecule has 0 saturated heterocycles. The molecule has 6 rings (SSSR count). The van der Waals surface area contributed by atoms with Crippen LogP contribution in [0.1, 0.15) is 63.5 Å². The summed E-state index contributed by atoms with van der Waals surface area (Å²) in [4.78, 5) is 0. The molecule has 4 bridgehead atoms. The molecule has 178 valence electrons. The molecular weight excluding hydrogens is 477 g/mol. The SMILES string of the molecule is COc1cc(CNC23CC4C[C@@](C)(C2)C[C@](C)(C4)C3)cc(Cl)c1OCc1c(Cl)cccc1Cl. The van der Waals surface area contributed by atoms with Gasteiger partial charge in [-0.3, -0.25) is 0 Å². The summed E-state index contributed by atoms with van der Waals surface area (Å²) in [6.45, 7) is 5.99. The molecule has 3 nitrogen and oxygen atoms in total. The van der Waals surface area contributed by atoms with Crippen LogP contribution in [-0.4, -0.2) is 12.6 Å². The van der Waals surface area contributed by atoms with E-state index >= 15 is 0 Å². The van der Waals surface area contributed by atoms with Crippen LogP contribution in [0.2, 0.25) is 15.1 Å². The molecule has 0 aliphatic heterocycles. The fourth-order valence-electron chi connectivity index (χ4n) is 7.76. The van der Waals surface area contributed by atoms with E-state index in [1.54, 1.807) is 19.2 Å². The second-order valence-electron chi connectivity index (χ2n) is 11.4. The lowest BCUT2D eigenvalue weighted by atomic mass is 9.43. The minimum Gasteiger partial charge on any atom is -0.493 e. The molecule has 6 heteroatoms. The summed E-state index contributed by atoms with van der Waals surface area (Å²) in [5.41, 5.74) is 3.03. The Hall–Kier alpha value is -1.13. The van der Waals surface area contributed by atoms with E-state index in [1.165, 1.54) is 38.5 Å². The van der Waals surface area contributed by atoms with Crippen LogP contribution in [0, 0.1) is 16.7 Å². The first kappa shape index (κ1) is 23.6. The molecule has 4 fully saturated rings. The van der Waals surface area contributed by atoms with Gasteiger partial charge >= 0.3 is 0 Å². The number of hydrogen-bond donors (Lipinski definition) is 1. The van der Waals surface area contributed by atoms with E-state index in [9.17, 15) is 0 Å². The summed E-state index contributed by atoms with van der Waals surface area (Å²) >= 11 is 19.2. The Morgan fingerprint density at radius 2 is 1.61 bits per heavy atom. The van der Waals surface area contributed by atoms with Crippen LogP contribution in [0.4, 0.5) is 0 Å². The summed E-state index contributed by atoms with van der Waals surface area (Å²) in [6, 6.07) is 9.40. The number of methoxy groups -OCH3 is 1. The zero-order valence-electron chi connectivity index (χ0n) is 19.6. The molecule has 0 heterocycles. The number of nitrogens with one attached hydrogen (secondary N) is 1. The van der Waals surface area contributed by atoms with Crippen molar-refractivity contribution in [2.24, 2.45) is 16.7 Å². The predicted octanol–water partition coefficient (Wildman–Crippen LogP) is 8.07. The van der Waals surface area contributed by atoms with Gasteiger partial charge in [0.2, 0.25) is 0 Å². The van der Waals surface area contributed by atoms with E-state index in [-0.39, 0.29) is 12.1 Å². The van der Waals surface area contributed by atoms with Gasteiger partial charge in [-0.25, -0.2) is 0 Å². The van der Waals surface area contributed by atoms with E-state index in [0.717, 1.165) is 23.6 Å². The number of halogens is 3. The fraction of sp³-hybridized carbons (Fsp3) is 0.556. The maximum absolute atomic E-state index is 6.66. The van der Waals surface area contributed by atoms with Gasteiger partial charge in [0.15, 0.2) is 11.5 Å². The molecule has 0 spiro atoms. The van der Waals surface area contributed by atoms with E-state index in [4.69, 9.17) is 44.3 Å². The van der Waals surface area contributed by atoms with E-state index < -0.39 is 0 Å². The first-order chi connectivity index (χ1) is 15.6. The number of benzene rings is 2. The van der Waals surface area contributed by atoms with Crippen molar-refractivity contribution in [3.63, 3.8) is 0 Å². The van der Waals surface area contributed by atoms with Gasteiger partial charge in [0, 0.05) is 27.7 Å². The van der Waals surface area contributed by atoms with E-state index in [0.29, 0.717) is 37.4 Å². The maximum Gasteiger partial charge on any atom is 0.180 e. The van der Waals surface area contributed by atoms with Crippen LogP contribution in [-0.2, 0) is 13.2 Å². The molecule has 2 aromatic rings. The van der Waals surface area contributed by atoms with Crippen LogP contribution in [0.15, 0.2) is 30.3 Å².